The van der Waals surface area contributed by atoms with Crippen LogP contribution in [0.1, 0.15) is 213 Å². The summed E-state index contributed by atoms with van der Waals surface area (Å²) in [7, 11) is 0. The van der Waals surface area contributed by atoms with E-state index in [2.05, 4.69) is 141 Å². The summed E-state index contributed by atoms with van der Waals surface area (Å²) in [6, 6.07) is -1.01. The number of hydrogen-bond donors (Lipinski definition) is 12. The van der Waals surface area contributed by atoms with Crippen LogP contribution >= 0.6 is 0 Å². The van der Waals surface area contributed by atoms with Crippen molar-refractivity contribution < 1.29 is 89.4 Å². The molecule has 3 heterocycles. The summed E-state index contributed by atoms with van der Waals surface area (Å²) in [4.78, 5) is 13.4. The van der Waals surface area contributed by atoms with E-state index >= 15 is 0 Å². The van der Waals surface area contributed by atoms with Gasteiger partial charge in [0.1, 0.15) is 73.2 Å². The van der Waals surface area contributed by atoms with Gasteiger partial charge in [0.15, 0.2) is 18.9 Å². The number of amides is 1. The van der Waals surface area contributed by atoms with Gasteiger partial charge in [0.25, 0.3) is 0 Å². The second-order valence-electron chi connectivity index (χ2n) is 25.3. The van der Waals surface area contributed by atoms with Crippen LogP contribution in [-0.2, 0) is 33.2 Å². The average Bonchev–Trinajstić information content (AvgIpc) is 0.787. The Bertz CT molecular complexity index is 2260. The first kappa shape index (κ1) is 86.2. The molecule has 17 unspecified atom stereocenters. The molecule has 3 saturated heterocycles. The van der Waals surface area contributed by atoms with E-state index in [4.69, 9.17) is 28.4 Å². The Morgan fingerprint density at radius 1 is 0.385 bits per heavy atom. The van der Waals surface area contributed by atoms with Gasteiger partial charge in [0, 0.05) is 6.42 Å². The van der Waals surface area contributed by atoms with Crippen molar-refractivity contribution in [1.29, 1.82) is 0 Å². The van der Waals surface area contributed by atoms with Crippen LogP contribution in [0.15, 0.2) is 134 Å². The van der Waals surface area contributed by atoms with Gasteiger partial charge in [-0.05, 0) is 103 Å². The van der Waals surface area contributed by atoms with E-state index in [1.165, 1.54) is 70.6 Å². The summed E-state index contributed by atoms with van der Waals surface area (Å²) in [5, 5.41) is 121. The Morgan fingerprint density at radius 3 is 1.17 bits per heavy atom. The number of carbonyl (C=O) groups excluding carboxylic acids is 1. The third-order valence-corrected chi connectivity index (χ3v) is 17.2. The molecule has 3 aliphatic heterocycles. The lowest BCUT2D eigenvalue weighted by Crippen LogP contribution is -2.66. The number of hydrogen-bond acceptors (Lipinski definition) is 18. The standard InChI is InChI=1S/C77H127NO18/c1-3-5-7-9-11-13-15-17-19-21-23-24-25-26-27-28-29-30-31-32-33-34-35-36-37-39-41-43-45-47-49-51-53-55-65(83)78-60(61(82)54-52-50-48-46-44-42-40-38-22-20-18-16-14-12-10-8-6-4-2)59-91-75-71(89)68(86)73(63(57-80)93-75)96-77-72(90)69(87)74(64(58-81)94-77)95-76-70(88)67(85)66(84)62(56-79)92-76/h5,7,11,13,17,19,23-24,26-27,29-30,32-33,35-36,39,41,44,46,52,54,60-64,66-77,79-82,84-90H,3-4,6,8-10,12,14-16,18,20-22,25,28,31,34,37-38,40,42-43,45,47-51,53,55-59H2,1-2H3,(H,78,83)/b7-5-,13-11-,19-17-,24-23-,27-26-,30-29-,33-32-,36-35-,41-39-,46-44+,54-52+. The van der Waals surface area contributed by atoms with E-state index in [1.54, 1.807) is 6.08 Å². The second kappa shape index (κ2) is 56.7. The Balaban J connectivity index is 1.42. The zero-order chi connectivity index (χ0) is 69.6. The monoisotopic (exact) mass is 1350 g/mol. The van der Waals surface area contributed by atoms with Crippen LogP contribution in [-0.4, -0.2) is 193 Å². The average molecular weight is 1350 g/mol. The smallest absolute Gasteiger partial charge is 0.220 e. The van der Waals surface area contributed by atoms with E-state index in [1.807, 2.05) is 6.08 Å². The second-order valence-corrected chi connectivity index (χ2v) is 25.3. The topological polar surface area (TPSA) is 307 Å². The van der Waals surface area contributed by atoms with Crippen molar-refractivity contribution in [1.82, 2.24) is 5.32 Å². The highest BCUT2D eigenvalue weighted by Gasteiger charge is 2.53. The number of carbonyl (C=O) groups is 1. The van der Waals surface area contributed by atoms with Crippen LogP contribution in [0.4, 0.5) is 0 Å². The van der Waals surface area contributed by atoms with Gasteiger partial charge in [-0.2, -0.15) is 0 Å². The molecule has 3 aliphatic rings. The van der Waals surface area contributed by atoms with Crippen molar-refractivity contribution >= 4 is 5.91 Å². The molecule has 3 fully saturated rings. The van der Waals surface area contributed by atoms with Gasteiger partial charge in [0.05, 0.1) is 38.6 Å². The van der Waals surface area contributed by atoms with Crippen LogP contribution in [0.2, 0.25) is 0 Å². The SMILES string of the molecule is CC/C=C\C/C=C\C/C=C\C/C=C\C/C=C\C/C=C\C/C=C\C/C=C\C/C=C\CCCCCCCC(=O)NC(COC1OC(CO)C(OC2OC(CO)C(OC3OC(CO)C(O)C(O)C3O)C(O)C2O)C(O)C1O)C(O)/C=C/CC/C=C/CCCCCCCCCCCCCC. The third kappa shape index (κ3) is 37.4. The fourth-order valence-electron chi connectivity index (χ4n) is 11.3. The zero-order valence-corrected chi connectivity index (χ0v) is 58.0. The summed E-state index contributed by atoms with van der Waals surface area (Å²) in [6.07, 6.45) is 52.8. The van der Waals surface area contributed by atoms with E-state index in [9.17, 15) is 61.0 Å². The van der Waals surface area contributed by atoms with Crippen molar-refractivity contribution in [3.8, 4) is 0 Å². The summed E-state index contributed by atoms with van der Waals surface area (Å²) >= 11 is 0. The van der Waals surface area contributed by atoms with Gasteiger partial charge < -0.3 is 89.9 Å². The van der Waals surface area contributed by atoms with Crippen molar-refractivity contribution in [3.63, 3.8) is 0 Å². The molecule has 0 radical (unpaired) electrons. The molecule has 0 aromatic carbocycles. The van der Waals surface area contributed by atoms with Gasteiger partial charge in [-0.15, -0.1) is 0 Å². The molecule has 0 aromatic rings. The third-order valence-electron chi connectivity index (χ3n) is 17.2. The van der Waals surface area contributed by atoms with Crippen molar-refractivity contribution in [2.24, 2.45) is 0 Å². The fraction of sp³-hybridized carbons (Fsp3) is 0.701. The Labute approximate surface area is 575 Å². The number of aliphatic hydroxyl groups excluding tert-OH is 11. The Hall–Kier alpha value is -4.07. The molecule has 0 aromatic heterocycles. The number of ether oxygens (including phenoxy) is 6. The Kier molecular flexibility index (Phi) is 50.8. The molecule has 12 N–H and O–H groups in total. The zero-order valence-electron chi connectivity index (χ0n) is 58.0. The predicted molar refractivity (Wildman–Crippen MR) is 378 cm³/mol. The lowest BCUT2D eigenvalue weighted by Gasteiger charge is -2.48. The van der Waals surface area contributed by atoms with E-state index < -0.39 is 124 Å². The van der Waals surface area contributed by atoms with Crippen molar-refractivity contribution in [2.75, 3.05) is 26.4 Å². The first-order valence-electron chi connectivity index (χ1n) is 36.4. The molecule has 19 nitrogen and oxygen atoms in total. The molecule has 0 spiro atoms. The highest BCUT2D eigenvalue weighted by molar-refractivity contribution is 5.76. The van der Waals surface area contributed by atoms with E-state index in [-0.39, 0.29) is 18.9 Å². The maximum Gasteiger partial charge on any atom is 0.220 e. The molecule has 0 bridgehead atoms. The van der Waals surface area contributed by atoms with Crippen molar-refractivity contribution in [3.05, 3.63) is 134 Å². The number of unbranched alkanes of at least 4 members (excludes halogenated alkanes) is 18. The number of nitrogens with one attached hydrogen (secondary N) is 1. The highest BCUT2D eigenvalue weighted by atomic mass is 16.8. The lowest BCUT2D eigenvalue weighted by atomic mass is 9.96. The van der Waals surface area contributed by atoms with Crippen molar-refractivity contribution in [2.45, 2.75) is 317 Å². The molecule has 3 rings (SSSR count). The number of allylic oxidation sites excluding steroid dienone is 21. The molecule has 19 heteroatoms. The minimum absolute atomic E-state index is 0.204. The molecule has 1 amide bonds. The maximum absolute atomic E-state index is 13.4. The largest absolute Gasteiger partial charge is 0.394 e. The highest BCUT2D eigenvalue weighted by Crippen LogP contribution is 2.33. The van der Waals surface area contributed by atoms with Gasteiger partial charge in [-0.1, -0.05) is 237 Å². The minimum atomic E-state index is -1.99. The van der Waals surface area contributed by atoms with Crippen LogP contribution in [0, 0.1) is 0 Å². The van der Waals surface area contributed by atoms with Crippen LogP contribution < -0.4 is 5.32 Å². The molecule has 96 heavy (non-hydrogen) atoms. The normalized spacial score (nSPS) is 27.9. The molecule has 17 atom stereocenters. The van der Waals surface area contributed by atoms with Crippen LogP contribution in [0.5, 0.6) is 0 Å². The molecule has 548 valence electrons. The van der Waals surface area contributed by atoms with Crippen LogP contribution in [0.3, 0.4) is 0 Å². The molecular weight excluding hydrogens is 1230 g/mol. The van der Waals surface area contributed by atoms with E-state index in [0.29, 0.717) is 12.8 Å². The minimum Gasteiger partial charge on any atom is -0.394 e. The summed E-state index contributed by atoms with van der Waals surface area (Å²) < 4.78 is 34.3. The van der Waals surface area contributed by atoms with Gasteiger partial charge in [-0.3, -0.25) is 4.79 Å². The first-order valence-corrected chi connectivity index (χ1v) is 36.4. The molecule has 0 aliphatic carbocycles. The van der Waals surface area contributed by atoms with Gasteiger partial charge in [-0.25, -0.2) is 0 Å². The number of aliphatic hydroxyl groups is 11. The van der Waals surface area contributed by atoms with Gasteiger partial charge in [0.2, 0.25) is 5.91 Å². The van der Waals surface area contributed by atoms with E-state index in [0.717, 1.165) is 109 Å². The molecule has 0 saturated carbocycles. The lowest BCUT2D eigenvalue weighted by molar-refractivity contribution is -0.379. The fourth-order valence-corrected chi connectivity index (χ4v) is 11.3. The maximum atomic E-state index is 13.4. The predicted octanol–water partition coefficient (Wildman–Crippen LogP) is 10.5. The summed E-state index contributed by atoms with van der Waals surface area (Å²) in [6.45, 7) is 1.57. The summed E-state index contributed by atoms with van der Waals surface area (Å²) in [5.41, 5.74) is 0. The van der Waals surface area contributed by atoms with Crippen LogP contribution in [0.25, 0.3) is 0 Å². The quantitative estimate of drug-likeness (QED) is 0.0199. The summed E-state index contributed by atoms with van der Waals surface area (Å²) in [5.74, 6) is -0.310. The van der Waals surface area contributed by atoms with Gasteiger partial charge >= 0.3 is 0 Å². The molecular formula is C77H127NO18. The number of rotatable bonds is 54. The first-order chi connectivity index (χ1) is 46.8. The Morgan fingerprint density at radius 2 is 0.729 bits per heavy atom.